The molecule has 1 spiro atoms. The zero-order valence-corrected chi connectivity index (χ0v) is 30.0. The molecule has 0 saturated carbocycles. The molecule has 2 amide bonds. The number of halogens is 2. The van der Waals surface area contributed by atoms with Crippen LogP contribution in [0.1, 0.15) is 49.4 Å². The van der Waals surface area contributed by atoms with Crippen LogP contribution in [-0.4, -0.2) is 55.7 Å². The molecule has 2 saturated heterocycles. The summed E-state index contributed by atoms with van der Waals surface area (Å²) in [4.78, 5) is 48.8. The number of nitrogens with one attached hydrogen (secondary N) is 2. The average Bonchev–Trinajstić information content (AvgIpc) is 3.64. The SMILES string of the molecule is CN1C(=O)[C@@]2(N[C@@H](c3ccccc3F)[C@H](c3ccccc3Sc3ccc(Cl)cc3)[C@H]2C(=O)c2ccc(C(=O)N3CCNCC3)cc2)c2ccccc21. The largest absolute Gasteiger partial charge is 0.336 e. The number of hydrogen-bond acceptors (Lipinski definition) is 6. The van der Waals surface area contributed by atoms with Crippen molar-refractivity contribution >= 4 is 46.6 Å². The van der Waals surface area contributed by atoms with Crippen LogP contribution >= 0.6 is 23.4 Å². The number of carbonyl (C=O) groups excluding carboxylic acids is 3. The molecule has 7 nitrogen and oxygen atoms in total. The van der Waals surface area contributed by atoms with Gasteiger partial charge in [0.1, 0.15) is 11.4 Å². The number of benzene rings is 5. The van der Waals surface area contributed by atoms with Gasteiger partial charge in [0.05, 0.1) is 5.92 Å². The van der Waals surface area contributed by atoms with Crippen molar-refractivity contribution in [3.8, 4) is 0 Å². The van der Waals surface area contributed by atoms with Crippen LogP contribution in [0.3, 0.4) is 0 Å². The van der Waals surface area contributed by atoms with Crippen LogP contribution in [-0.2, 0) is 10.3 Å². The summed E-state index contributed by atoms with van der Waals surface area (Å²) in [6, 6.07) is 35.4. The minimum absolute atomic E-state index is 0.0910. The Bertz CT molecular complexity index is 2180. The van der Waals surface area contributed by atoms with Crippen LogP contribution in [0.25, 0.3) is 0 Å². The molecule has 0 aliphatic carbocycles. The molecule has 4 atom stereocenters. The van der Waals surface area contributed by atoms with Crippen LogP contribution in [0.15, 0.2) is 131 Å². The van der Waals surface area contributed by atoms with Crippen molar-refractivity contribution in [3.63, 3.8) is 0 Å². The van der Waals surface area contributed by atoms with Crippen molar-refractivity contribution in [3.05, 3.63) is 160 Å². The number of nitrogens with zero attached hydrogens (tertiary/aromatic N) is 2. The normalized spacial score (nSPS) is 22.5. The van der Waals surface area contributed by atoms with E-state index in [0.717, 1.165) is 28.4 Å². The molecule has 0 radical (unpaired) electrons. The van der Waals surface area contributed by atoms with Crippen LogP contribution in [0.5, 0.6) is 0 Å². The van der Waals surface area contributed by atoms with E-state index in [2.05, 4.69) is 10.6 Å². The lowest BCUT2D eigenvalue weighted by Crippen LogP contribution is -2.52. The lowest BCUT2D eigenvalue weighted by molar-refractivity contribution is -0.124. The van der Waals surface area contributed by atoms with Gasteiger partial charge in [-0.15, -0.1) is 0 Å². The first-order valence-corrected chi connectivity index (χ1v) is 18.5. The molecule has 52 heavy (non-hydrogen) atoms. The van der Waals surface area contributed by atoms with E-state index in [1.165, 1.54) is 17.8 Å². The molecule has 8 rings (SSSR count). The van der Waals surface area contributed by atoms with E-state index < -0.39 is 29.2 Å². The number of rotatable bonds is 7. The van der Waals surface area contributed by atoms with Gasteiger partial charge in [0.15, 0.2) is 5.78 Å². The summed E-state index contributed by atoms with van der Waals surface area (Å²) >= 11 is 7.74. The van der Waals surface area contributed by atoms with E-state index in [1.807, 2.05) is 72.8 Å². The first-order valence-electron chi connectivity index (χ1n) is 17.3. The highest BCUT2D eigenvalue weighted by Gasteiger charge is 2.66. The zero-order chi connectivity index (χ0) is 36.0. The van der Waals surface area contributed by atoms with Gasteiger partial charge < -0.3 is 15.1 Å². The summed E-state index contributed by atoms with van der Waals surface area (Å²) in [6.45, 7) is 2.67. The smallest absolute Gasteiger partial charge is 0.253 e. The molecule has 0 unspecified atom stereocenters. The Kier molecular flexibility index (Phi) is 9.21. The van der Waals surface area contributed by atoms with Gasteiger partial charge in [-0.1, -0.05) is 90.1 Å². The molecular weight excluding hydrogens is 695 g/mol. The maximum absolute atomic E-state index is 16.0. The number of ketones is 1. The number of anilines is 1. The fourth-order valence-corrected chi connectivity index (χ4v) is 9.24. The Morgan fingerprint density at radius 1 is 0.808 bits per heavy atom. The lowest BCUT2D eigenvalue weighted by atomic mass is 9.69. The highest BCUT2D eigenvalue weighted by Crippen LogP contribution is 2.60. The maximum Gasteiger partial charge on any atom is 0.253 e. The minimum atomic E-state index is -1.52. The summed E-state index contributed by atoms with van der Waals surface area (Å²) in [5, 5.41) is 7.52. The molecule has 3 aliphatic heterocycles. The van der Waals surface area contributed by atoms with Gasteiger partial charge in [0.2, 0.25) is 0 Å². The third-order valence-electron chi connectivity index (χ3n) is 10.6. The molecule has 262 valence electrons. The Morgan fingerprint density at radius 3 is 2.17 bits per heavy atom. The molecule has 3 aliphatic rings. The number of Topliss-reactive ketones (excluding diaryl/α,β-unsaturated/α-hetero) is 1. The first kappa shape index (κ1) is 34.3. The predicted octanol–water partition coefficient (Wildman–Crippen LogP) is 7.47. The van der Waals surface area contributed by atoms with Gasteiger partial charge in [-0.3, -0.25) is 19.7 Å². The minimum Gasteiger partial charge on any atom is -0.336 e. The van der Waals surface area contributed by atoms with E-state index in [1.54, 1.807) is 59.3 Å². The highest BCUT2D eigenvalue weighted by atomic mass is 35.5. The van der Waals surface area contributed by atoms with Crippen molar-refractivity contribution < 1.29 is 18.8 Å². The standard InChI is InChI=1S/C42H36ClFN4O3S/c1-47-34-12-6-4-10-32(34)42(41(47)51)37(39(49)26-14-16-27(17-15-26)40(50)48-24-22-45-23-25-48)36(38(46-42)30-8-2-5-11-33(30)44)31-9-3-7-13-35(31)52-29-20-18-28(43)19-21-29/h2-21,36-38,45-46H,22-25H2,1H3/t36-,37+,38+,42-/m1/s1. The van der Waals surface area contributed by atoms with Crippen molar-refractivity contribution in [2.75, 3.05) is 38.1 Å². The Balaban J connectivity index is 1.31. The van der Waals surface area contributed by atoms with Crippen molar-refractivity contribution in [1.82, 2.24) is 15.5 Å². The number of carbonyl (C=O) groups is 3. The van der Waals surface area contributed by atoms with Crippen molar-refractivity contribution in [2.45, 2.75) is 27.3 Å². The second kappa shape index (κ2) is 14.0. The summed E-state index contributed by atoms with van der Waals surface area (Å²) in [5.74, 6) is -2.78. The molecule has 0 aromatic heterocycles. The van der Waals surface area contributed by atoms with Gasteiger partial charge >= 0.3 is 0 Å². The Morgan fingerprint density at radius 2 is 1.44 bits per heavy atom. The van der Waals surface area contributed by atoms with Crippen LogP contribution in [0.4, 0.5) is 10.1 Å². The number of amides is 2. The molecule has 2 fully saturated rings. The third kappa shape index (κ3) is 5.82. The summed E-state index contributed by atoms with van der Waals surface area (Å²) in [7, 11) is 1.71. The van der Waals surface area contributed by atoms with Crippen molar-refractivity contribution in [2.24, 2.45) is 5.92 Å². The Hall–Kier alpha value is -4.80. The summed E-state index contributed by atoms with van der Waals surface area (Å²) < 4.78 is 16.0. The fourth-order valence-electron chi connectivity index (χ4n) is 8.12. The number of likely N-dealkylation sites (N-methyl/N-ethyl adjacent to an activating group) is 1. The van der Waals surface area contributed by atoms with Gasteiger partial charge in [-0.2, -0.15) is 0 Å². The molecule has 10 heteroatoms. The Labute approximate surface area is 311 Å². The molecule has 5 aromatic rings. The van der Waals surface area contributed by atoms with Crippen molar-refractivity contribution in [1.29, 1.82) is 0 Å². The van der Waals surface area contributed by atoms with Crippen LogP contribution < -0.4 is 15.5 Å². The van der Waals surface area contributed by atoms with Gasteiger partial charge in [0, 0.05) is 87.9 Å². The van der Waals surface area contributed by atoms with Gasteiger partial charge in [-0.05, 0) is 60.2 Å². The zero-order valence-electron chi connectivity index (χ0n) is 28.4. The van der Waals surface area contributed by atoms with E-state index in [0.29, 0.717) is 46.1 Å². The number of fused-ring (bicyclic) bond motifs is 2. The summed E-state index contributed by atoms with van der Waals surface area (Å²) in [5.41, 5.74) is 1.86. The first-order chi connectivity index (χ1) is 25.3. The number of piperazine rings is 1. The molecule has 2 N–H and O–H groups in total. The van der Waals surface area contributed by atoms with Gasteiger partial charge in [-0.25, -0.2) is 4.39 Å². The second-order valence-corrected chi connectivity index (χ2v) is 15.0. The fraction of sp³-hybridized carbons (Fsp3) is 0.214. The second-order valence-electron chi connectivity index (χ2n) is 13.4. The molecule has 0 bridgehead atoms. The summed E-state index contributed by atoms with van der Waals surface area (Å²) in [6.07, 6.45) is 0. The number of para-hydroxylation sites is 1. The molecule has 3 heterocycles. The topological polar surface area (TPSA) is 81.8 Å². The van der Waals surface area contributed by atoms with E-state index in [9.17, 15) is 9.59 Å². The molecular formula is C42H36ClFN4O3S. The molecule has 5 aromatic carbocycles. The monoisotopic (exact) mass is 730 g/mol. The highest BCUT2D eigenvalue weighted by molar-refractivity contribution is 7.99. The third-order valence-corrected chi connectivity index (χ3v) is 11.9. The predicted molar refractivity (Wildman–Crippen MR) is 202 cm³/mol. The van der Waals surface area contributed by atoms with E-state index >= 15 is 9.18 Å². The van der Waals surface area contributed by atoms with Crippen LogP contribution in [0.2, 0.25) is 5.02 Å². The maximum atomic E-state index is 16.0. The van der Waals surface area contributed by atoms with Gasteiger partial charge in [0.25, 0.3) is 11.8 Å². The number of hydrogen-bond donors (Lipinski definition) is 2. The van der Waals surface area contributed by atoms with E-state index in [4.69, 9.17) is 11.6 Å². The quantitative estimate of drug-likeness (QED) is 0.169. The average molecular weight is 731 g/mol. The van der Waals surface area contributed by atoms with E-state index in [-0.39, 0.29) is 17.6 Å². The lowest BCUT2D eigenvalue weighted by Gasteiger charge is -2.32. The van der Waals surface area contributed by atoms with Crippen LogP contribution in [0, 0.1) is 11.7 Å².